The maximum Gasteiger partial charge on any atom is 0.266 e. The van der Waals surface area contributed by atoms with Gasteiger partial charge in [-0.1, -0.05) is 78.9 Å². The number of ether oxygens (including phenoxy) is 1. The van der Waals surface area contributed by atoms with Crippen LogP contribution < -0.4 is 14.5 Å². The molecule has 2 atom stereocenters. The van der Waals surface area contributed by atoms with Gasteiger partial charge in [0.25, 0.3) is 29.5 Å². The molecule has 3 aliphatic rings. The molecule has 6 aromatic carbocycles. The van der Waals surface area contributed by atoms with E-state index in [1.54, 1.807) is 91.0 Å². The molecule has 3 aliphatic heterocycles. The van der Waals surface area contributed by atoms with Crippen LogP contribution in [0.3, 0.4) is 0 Å². The molecule has 54 heavy (non-hydrogen) atoms. The first kappa shape index (κ1) is 32.4. The average molecular weight is 710 g/mol. The fourth-order valence-corrected chi connectivity index (χ4v) is 7.17. The van der Waals surface area contributed by atoms with Crippen molar-refractivity contribution in [2.75, 3.05) is 9.80 Å². The van der Waals surface area contributed by atoms with Gasteiger partial charge in [-0.25, -0.2) is 9.80 Å². The lowest BCUT2D eigenvalue weighted by molar-refractivity contribution is 0.0833. The van der Waals surface area contributed by atoms with Crippen LogP contribution in [0.15, 0.2) is 152 Å². The number of rotatable bonds is 8. The zero-order valence-electron chi connectivity index (χ0n) is 28.3. The smallest absolute Gasteiger partial charge is 0.266 e. The molecule has 10 heteroatoms. The van der Waals surface area contributed by atoms with Crippen molar-refractivity contribution >= 4 is 46.7 Å². The molecule has 10 nitrogen and oxygen atoms in total. The van der Waals surface area contributed by atoms with Crippen LogP contribution in [0.1, 0.15) is 73.8 Å². The number of hydrogen-bond acceptors (Lipinski definition) is 7. The van der Waals surface area contributed by atoms with Crippen LogP contribution in [0.5, 0.6) is 11.5 Å². The highest BCUT2D eigenvalue weighted by molar-refractivity contribution is 6.35. The van der Waals surface area contributed by atoms with Gasteiger partial charge in [-0.2, -0.15) is 0 Å². The largest absolute Gasteiger partial charge is 0.457 e. The topological polar surface area (TPSA) is 121 Å². The third kappa shape index (κ3) is 5.27. The normalized spacial score (nSPS) is 17.1. The average Bonchev–Trinajstić information content (AvgIpc) is 3.85. The number of fused-ring (bicyclic) bond motifs is 2. The van der Waals surface area contributed by atoms with Gasteiger partial charge in [0.15, 0.2) is 5.78 Å². The van der Waals surface area contributed by atoms with E-state index in [2.05, 4.69) is 0 Å². The number of amides is 5. The molecule has 260 valence electrons. The van der Waals surface area contributed by atoms with E-state index in [0.29, 0.717) is 28.4 Å². The summed E-state index contributed by atoms with van der Waals surface area (Å²) in [6.07, 6.45) is 0. The Morgan fingerprint density at radius 3 is 1.59 bits per heavy atom. The fourth-order valence-electron chi connectivity index (χ4n) is 7.17. The molecule has 0 aromatic heterocycles. The Labute approximate surface area is 308 Å². The van der Waals surface area contributed by atoms with Gasteiger partial charge < -0.3 is 9.64 Å². The van der Waals surface area contributed by atoms with Gasteiger partial charge in [0.05, 0.1) is 39.7 Å². The van der Waals surface area contributed by atoms with Crippen molar-refractivity contribution in [2.45, 2.75) is 12.1 Å². The summed E-state index contributed by atoms with van der Waals surface area (Å²) in [6.45, 7) is 0. The van der Waals surface area contributed by atoms with E-state index in [1.165, 1.54) is 29.2 Å². The van der Waals surface area contributed by atoms with Crippen molar-refractivity contribution in [3.63, 3.8) is 0 Å². The fraction of sp³-hybridized carbons (Fsp3) is 0.0455. The van der Waals surface area contributed by atoms with Crippen LogP contribution in [-0.2, 0) is 0 Å². The summed E-state index contributed by atoms with van der Waals surface area (Å²) in [4.78, 5) is 84.5. The Balaban J connectivity index is 0.925. The Hall–Kier alpha value is -7.46. The van der Waals surface area contributed by atoms with Crippen LogP contribution in [0.2, 0.25) is 0 Å². The number of hydrogen-bond donors (Lipinski definition) is 0. The molecule has 0 spiro atoms. The van der Waals surface area contributed by atoms with Crippen molar-refractivity contribution in [1.29, 1.82) is 0 Å². The van der Waals surface area contributed by atoms with Crippen LogP contribution in [-0.4, -0.2) is 46.3 Å². The molecule has 5 amide bonds. The van der Waals surface area contributed by atoms with Gasteiger partial charge in [-0.15, -0.1) is 0 Å². The van der Waals surface area contributed by atoms with Gasteiger partial charge in [-0.3, -0.25) is 28.8 Å². The zero-order valence-corrected chi connectivity index (χ0v) is 28.3. The SMILES string of the molecule is O=C(c1ccccc1)[C@H]1[C@@H](c2ccccc2)N1C(=O)c1ccc2c(c1)C(=O)N(c1ccc(Oc3ccc4c(c3)C(=O)N(c3ccccc3)C4=O)cc1)C2=O. The molecule has 1 fully saturated rings. The summed E-state index contributed by atoms with van der Waals surface area (Å²) < 4.78 is 5.99. The van der Waals surface area contributed by atoms with E-state index in [1.807, 2.05) is 36.4 Å². The molecule has 0 radical (unpaired) electrons. The van der Waals surface area contributed by atoms with Gasteiger partial charge in [0.1, 0.15) is 17.5 Å². The molecule has 0 saturated carbocycles. The van der Waals surface area contributed by atoms with Crippen LogP contribution in [0.25, 0.3) is 0 Å². The van der Waals surface area contributed by atoms with E-state index in [-0.39, 0.29) is 33.6 Å². The number of Topliss-reactive ketones (excluding diaryl/α,β-unsaturated/α-hetero) is 1. The summed E-state index contributed by atoms with van der Waals surface area (Å²) in [7, 11) is 0. The first-order valence-electron chi connectivity index (χ1n) is 17.2. The number of nitrogens with zero attached hydrogens (tertiary/aromatic N) is 3. The van der Waals surface area contributed by atoms with Crippen molar-refractivity contribution in [1.82, 2.24) is 4.90 Å². The number of ketones is 1. The van der Waals surface area contributed by atoms with Crippen molar-refractivity contribution in [3.05, 3.63) is 191 Å². The molecule has 3 heterocycles. The van der Waals surface area contributed by atoms with Crippen LogP contribution in [0.4, 0.5) is 11.4 Å². The molecule has 0 bridgehead atoms. The maximum absolute atomic E-state index is 14.0. The lowest BCUT2D eigenvalue weighted by atomic mass is 10.0. The number of carbonyl (C=O) groups is 6. The Kier molecular flexibility index (Phi) is 7.60. The standard InChI is InChI=1S/C44H27N3O7/c48-39(27-12-6-2-7-13-27)38-37(26-10-4-1-5-11-26)47(38)40(49)28-16-22-33-35(24-28)43(52)46(41(33)50)30-17-19-31(20-18-30)54-32-21-23-34-36(25-32)44(53)45(42(34)51)29-14-8-3-9-15-29/h1-25,37-38H/t37-,38-,47?/m1/s1. The second-order valence-electron chi connectivity index (χ2n) is 13.0. The van der Waals surface area contributed by atoms with Crippen molar-refractivity contribution in [3.8, 4) is 11.5 Å². The second-order valence-corrected chi connectivity index (χ2v) is 13.0. The lowest BCUT2D eigenvalue weighted by Gasteiger charge is -2.14. The maximum atomic E-state index is 14.0. The molecule has 6 aromatic rings. The molecule has 0 N–H and O–H groups in total. The van der Waals surface area contributed by atoms with Gasteiger partial charge >= 0.3 is 0 Å². The number of imide groups is 2. The number of anilines is 2. The molecule has 1 saturated heterocycles. The monoisotopic (exact) mass is 709 g/mol. The van der Waals surface area contributed by atoms with E-state index in [9.17, 15) is 28.8 Å². The first-order valence-corrected chi connectivity index (χ1v) is 17.2. The number of para-hydroxylation sites is 1. The zero-order chi connectivity index (χ0) is 37.1. The third-order valence-electron chi connectivity index (χ3n) is 9.85. The summed E-state index contributed by atoms with van der Waals surface area (Å²) >= 11 is 0. The van der Waals surface area contributed by atoms with Crippen LogP contribution >= 0.6 is 0 Å². The highest BCUT2D eigenvalue weighted by Crippen LogP contribution is 2.46. The predicted molar refractivity (Wildman–Crippen MR) is 198 cm³/mol. The highest BCUT2D eigenvalue weighted by atomic mass is 16.5. The molecular weight excluding hydrogens is 682 g/mol. The quantitative estimate of drug-likeness (QED) is 0.0910. The Morgan fingerprint density at radius 1 is 0.463 bits per heavy atom. The molecular formula is C44H27N3O7. The van der Waals surface area contributed by atoms with Crippen molar-refractivity contribution < 1.29 is 33.5 Å². The van der Waals surface area contributed by atoms with E-state index in [4.69, 9.17) is 4.74 Å². The summed E-state index contributed by atoms with van der Waals surface area (Å²) in [5.74, 6) is -1.93. The molecule has 0 aliphatic carbocycles. The lowest BCUT2D eigenvalue weighted by Crippen LogP contribution is -2.29. The molecule has 9 rings (SSSR count). The second kappa shape index (κ2) is 12.6. The summed E-state index contributed by atoms with van der Waals surface area (Å²) in [5.41, 5.74) is 2.99. The van der Waals surface area contributed by atoms with Gasteiger partial charge in [0, 0.05) is 11.1 Å². The van der Waals surface area contributed by atoms with E-state index < -0.39 is 41.6 Å². The minimum atomic E-state index is -0.714. The predicted octanol–water partition coefficient (Wildman–Crippen LogP) is 7.53. The number of benzene rings is 6. The minimum absolute atomic E-state index is 0.0807. The van der Waals surface area contributed by atoms with Gasteiger partial charge in [-0.05, 0) is 78.4 Å². The van der Waals surface area contributed by atoms with E-state index in [0.717, 1.165) is 15.4 Å². The summed E-state index contributed by atoms with van der Waals surface area (Å²) in [6, 6.07) is 40.9. The highest BCUT2D eigenvalue weighted by Gasteiger charge is 2.56. The van der Waals surface area contributed by atoms with E-state index >= 15 is 0 Å². The van der Waals surface area contributed by atoms with Gasteiger partial charge in [0.2, 0.25) is 0 Å². The minimum Gasteiger partial charge on any atom is -0.457 e. The third-order valence-corrected chi connectivity index (χ3v) is 9.85. The van der Waals surface area contributed by atoms with Crippen molar-refractivity contribution in [2.24, 2.45) is 0 Å². The number of carbonyl (C=O) groups excluding carboxylic acids is 6. The van der Waals surface area contributed by atoms with Crippen LogP contribution in [0, 0.1) is 0 Å². The summed E-state index contributed by atoms with van der Waals surface area (Å²) in [5, 5.41) is 0. The molecule has 0 unspecified atom stereocenters. The Bertz CT molecular complexity index is 2560. The Morgan fingerprint density at radius 2 is 0.963 bits per heavy atom. The first-order chi connectivity index (χ1) is 26.3.